The Morgan fingerprint density at radius 1 is 1.56 bits per heavy atom. The van der Waals surface area contributed by atoms with Crippen LogP contribution in [0.25, 0.3) is 0 Å². The van der Waals surface area contributed by atoms with E-state index in [0.717, 1.165) is 11.3 Å². The molecule has 0 bridgehead atoms. The molecule has 0 radical (unpaired) electrons. The molecule has 1 atom stereocenters. The molecule has 1 unspecified atom stereocenters. The molecule has 0 saturated carbocycles. The number of carboxylic acids is 1. The molecule has 1 aliphatic heterocycles. The highest BCUT2D eigenvalue weighted by atomic mass is 16.5. The second kappa shape index (κ2) is 5.18. The summed E-state index contributed by atoms with van der Waals surface area (Å²) < 4.78 is 5.03. The molecule has 2 rings (SSSR count). The molecule has 1 aromatic rings. The third-order valence-corrected chi connectivity index (χ3v) is 3.01. The number of anilines is 1. The lowest BCUT2D eigenvalue weighted by molar-refractivity contribution is -0.141. The van der Waals surface area contributed by atoms with Crippen molar-refractivity contribution in [1.82, 2.24) is 0 Å². The van der Waals surface area contributed by atoms with E-state index in [1.807, 2.05) is 18.2 Å². The van der Waals surface area contributed by atoms with Crippen molar-refractivity contribution >= 4 is 17.6 Å². The zero-order valence-electron chi connectivity index (χ0n) is 10.1. The fourth-order valence-electron chi connectivity index (χ4n) is 2.10. The maximum absolute atomic E-state index is 11.8. The Balaban J connectivity index is 2.19. The van der Waals surface area contributed by atoms with Crippen LogP contribution >= 0.6 is 0 Å². The maximum Gasteiger partial charge on any atom is 0.308 e. The van der Waals surface area contributed by atoms with Gasteiger partial charge in [0.2, 0.25) is 5.91 Å². The summed E-state index contributed by atoms with van der Waals surface area (Å²) in [7, 11) is 1.61. The molecule has 18 heavy (non-hydrogen) atoms. The summed E-state index contributed by atoms with van der Waals surface area (Å²) in [6.07, 6.45) is 0.0733. The van der Waals surface area contributed by atoms with Gasteiger partial charge in [-0.15, -0.1) is 0 Å². The van der Waals surface area contributed by atoms with Crippen LogP contribution in [0.2, 0.25) is 0 Å². The summed E-state index contributed by atoms with van der Waals surface area (Å²) in [4.78, 5) is 24.2. The number of hydrogen-bond donors (Lipinski definition) is 1. The number of ether oxygens (including phenoxy) is 1. The minimum absolute atomic E-state index is 0.0733. The quantitative estimate of drug-likeness (QED) is 0.872. The van der Waals surface area contributed by atoms with Gasteiger partial charge in [-0.2, -0.15) is 0 Å². The summed E-state index contributed by atoms with van der Waals surface area (Å²) in [5, 5.41) is 8.94. The van der Waals surface area contributed by atoms with Gasteiger partial charge in [-0.05, 0) is 17.7 Å². The molecule has 1 amide bonds. The zero-order chi connectivity index (χ0) is 13.1. The number of nitrogens with zero attached hydrogens (tertiary/aromatic N) is 1. The highest BCUT2D eigenvalue weighted by molar-refractivity contribution is 5.99. The van der Waals surface area contributed by atoms with E-state index in [-0.39, 0.29) is 18.9 Å². The summed E-state index contributed by atoms with van der Waals surface area (Å²) in [5.41, 5.74) is 1.69. The monoisotopic (exact) mass is 249 g/mol. The maximum atomic E-state index is 11.8. The van der Waals surface area contributed by atoms with Crippen molar-refractivity contribution in [3.05, 3.63) is 29.8 Å². The molecule has 1 saturated heterocycles. The van der Waals surface area contributed by atoms with Crippen LogP contribution in [0.5, 0.6) is 0 Å². The smallest absolute Gasteiger partial charge is 0.308 e. The Bertz CT molecular complexity index is 472. The van der Waals surface area contributed by atoms with Gasteiger partial charge in [-0.1, -0.05) is 12.1 Å². The Kier molecular flexibility index (Phi) is 3.62. The highest BCUT2D eigenvalue weighted by Crippen LogP contribution is 2.26. The van der Waals surface area contributed by atoms with E-state index in [1.54, 1.807) is 13.2 Å². The first-order valence-electron chi connectivity index (χ1n) is 5.73. The highest BCUT2D eigenvalue weighted by Gasteiger charge is 2.34. The molecule has 5 heteroatoms. The van der Waals surface area contributed by atoms with Gasteiger partial charge in [0.05, 0.1) is 12.5 Å². The Morgan fingerprint density at radius 3 is 2.94 bits per heavy atom. The van der Waals surface area contributed by atoms with Crippen LogP contribution in [0.1, 0.15) is 12.0 Å². The van der Waals surface area contributed by atoms with Crippen LogP contribution < -0.4 is 4.90 Å². The van der Waals surface area contributed by atoms with E-state index in [4.69, 9.17) is 9.84 Å². The normalized spacial score (nSPS) is 19.3. The van der Waals surface area contributed by atoms with Crippen molar-refractivity contribution in [2.24, 2.45) is 5.92 Å². The third-order valence-electron chi connectivity index (χ3n) is 3.01. The number of rotatable bonds is 4. The van der Waals surface area contributed by atoms with Gasteiger partial charge in [0, 0.05) is 25.8 Å². The van der Waals surface area contributed by atoms with Crippen molar-refractivity contribution in [3.8, 4) is 0 Å². The van der Waals surface area contributed by atoms with E-state index in [2.05, 4.69) is 0 Å². The topological polar surface area (TPSA) is 66.8 Å². The number of carbonyl (C=O) groups excluding carboxylic acids is 1. The van der Waals surface area contributed by atoms with Gasteiger partial charge < -0.3 is 14.7 Å². The largest absolute Gasteiger partial charge is 0.481 e. The molecule has 0 aliphatic carbocycles. The molecule has 96 valence electrons. The number of carboxylic acid groups (broad SMARTS) is 1. The summed E-state index contributed by atoms with van der Waals surface area (Å²) >= 11 is 0. The predicted molar refractivity (Wildman–Crippen MR) is 65.3 cm³/mol. The van der Waals surface area contributed by atoms with Gasteiger partial charge in [-0.3, -0.25) is 9.59 Å². The second-order valence-electron chi connectivity index (χ2n) is 4.35. The van der Waals surface area contributed by atoms with E-state index in [9.17, 15) is 9.59 Å². The summed E-state index contributed by atoms with van der Waals surface area (Å²) in [5.74, 6) is -1.67. The first-order valence-corrected chi connectivity index (χ1v) is 5.73. The van der Waals surface area contributed by atoms with Crippen molar-refractivity contribution in [2.75, 3.05) is 18.6 Å². The fourth-order valence-corrected chi connectivity index (χ4v) is 2.10. The first kappa shape index (κ1) is 12.6. The molecule has 0 spiro atoms. The number of hydrogen-bond acceptors (Lipinski definition) is 3. The molecule has 5 nitrogen and oxygen atoms in total. The molecular formula is C13H15NO4. The summed E-state index contributed by atoms with van der Waals surface area (Å²) in [6, 6.07) is 7.40. The van der Waals surface area contributed by atoms with Gasteiger partial charge in [0.25, 0.3) is 0 Å². The van der Waals surface area contributed by atoms with Crippen LogP contribution in [0, 0.1) is 5.92 Å². The number of benzene rings is 1. The molecule has 1 aliphatic rings. The predicted octanol–water partition coefficient (Wildman–Crippen LogP) is 1.27. The molecule has 1 heterocycles. The first-order chi connectivity index (χ1) is 8.61. The lowest BCUT2D eigenvalue weighted by Gasteiger charge is -2.17. The standard InChI is InChI=1S/C13H15NO4/c1-18-8-9-3-2-4-11(5-9)14-7-10(13(16)17)6-12(14)15/h2-5,10H,6-8H2,1H3,(H,16,17). The van der Waals surface area contributed by atoms with Crippen LogP contribution in [-0.2, 0) is 20.9 Å². The lowest BCUT2D eigenvalue weighted by Crippen LogP contribution is -2.25. The van der Waals surface area contributed by atoms with E-state index in [1.165, 1.54) is 4.90 Å². The van der Waals surface area contributed by atoms with Crippen LogP contribution in [0.4, 0.5) is 5.69 Å². The second-order valence-corrected chi connectivity index (χ2v) is 4.35. The zero-order valence-corrected chi connectivity index (χ0v) is 10.1. The number of aliphatic carboxylic acids is 1. The van der Waals surface area contributed by atoms with Gasteiger partial charge in [0.1, 0.15) is 0 Å². The van der Waals surface area contributed by atoms with Crippen molar-refractivity contribution in [2.45, 2.75) is 13.0 Å². The Morgan fingerprint density at radius 2 is 2.33 bits per heavy atom. The average molecular weight is 249 g/mol. The van der Waals surface area contributed by atoms with E-state index >= 15 is 0 Å². The van der Waals surface area contributed by atoms with Crippen molar-refractivity contribution < 1.29 is 19.4 Å². The molecule has 1 fully saturated rings. The Hall–Kier alpha value is -1.88. The minimum Gasteiger partial charge on any atom is -0.481 e. The average Bonchev–Trinajstić information content (AvgIpc) is 2.72. The lowest BCUT2D eigenvalue weighted by atomic mass is 10.1. The Labute approximate surface area is 105 Å². The van der Waals surface area contributed by atoms with Crippen LogP contribution in [-0.4, -0.2) is 30.6 Å². The van der Waals surface area contributed by atoms with Crippen LogP contribution in [0.15, 0.2) is 24.3 Å². The van der Waals surface area contributed by atoms with Gasteiger partial charge in [-0.25, -0.2) is 0 Å². The molecule has 0 aromatic heterocycles. The van der Waals surface area contributed by atoms with Crippen molar-refractivity contribution in [1.29, 1.82) is 0 Å². The molecule has 1 N–H and O–H groups in total. The van der Waals surface area contributed by atoms with Gasteiger partial charge in [0.15, 0.2) is 0 Å². The minimum atomic E-state index is -0.918. The van der Waals surface area contributed by atoms with E-state index in [0.29, 0.717) is 6.61 Å². The van der Waals surface area contributed by atoms with Crippen LogP contribution in [0.3, 0.4) is 0 Å². The summed E-state index contributed by atoms with van der Waals surface area (Å²) in [6.45, 7) is 0.711. The number of carbonyl (C=O) groups is 2. The van der Waals surface area contributed by atoms with Gasteiger partial charge >= 0.3 is 5.97 Å². The fraction of sp³-hybridized carbons (Fsp3) is 0.385. The number of methoxy groups -OCH3 is 1. The van der Waals surface area contributed by atoms with E-state index < -0.39 is 11.9 Å². The van der Waals surface area contributed by atoms with Crippen molar-refractivity contribution in [3.63, 3.8) is 0 Å². The third kappa shape index (κ3) is 2.51. The molecule has 1 aromatic carbocycles. The number of amides is 1. The SMILES string of the molecule is COCc1cccc(N2CC(C(=O)O)CC2=O)c1. The molecular weight excluding hydrogens is 234 g/mol.